The molecular formula is C20H24Cl2N2O3. The topological polar surface area (TPSA) is 84.6 Å². The highest BCUT2D eigenvalue weighted by Crippen LogP contribution is 2.42. The van der Waals surface area contributed by atoms with E-state index in [1.165, 1.54) is 6.07 Å². The molecule has 0 unspecified atom stereocenters. The van der Waals surface area contributed by atoms with E-state index in [-0.39, 0.29) is 33.1 Å². The Balaban J connectivity index is 2.07. The molecule has 0 fully saturated rings. The average molecular weight is 411 g/mol. The summed E-state index contributed by atoms with van der Waals surface area (Å²) < 4.78 is 5.53. The normalized spacial score (nSPS) is 11.9. The van der Waals surface area contributed by atoms with Crippen LogP contribution in [-0.2, 0) is 6.42 Å². The quantitative estimate of drug-likeness (QED) is 0.541. The second-order valence-corrected chi connectivity index (χ2v) is 7.09. The van der Waals surface area contributed by atoms with E-state index >= 15 is 0 Å². The Morgan fingerprint density at radius 1 is 1.26 bits per heavy atom. The van der Waals surface area contributed by atoms with E-state index in [1.807, 2.05) is 37.3 Å². The summed E-state index contributed by atoms with van der Waals surface area (Å²) in [6, 6.07) is 11.0. The lowest BCUT2D eigenvalue weighted by Crippen LogP contribution is -2.34. The van der Waals surface area contributed by atoms with Gasteiger partial charge in [-0.3, -0.25) is 4.79 Å². The monoisotopic (exact) mass is 410 g/mol. The van der Waals surface area contributed by atoms with Crippen molar-refractivity contribution in [3.63, 3.8) is 0 Å². The summed E-state index contributed by atoms with van der Waals surface area (Å²) in [4.78, 5) is 12.5. The second-order valence-electron chi connectivity index (χ2n) is 6.31. The lowest BCUT2D eigenvalue weighted by molar-refractivity contribution is 0.0937. The van der Waals surface area contributed by atoms with Gasteiger partial charge in [-0.15, -0.1) is 0 Å². The molecule has 0 saturated heterocycles. The number of rotatable bonds is 9. The zero-order valence-electron chi connectivity index (χ0n) is 15.2. The Bertz CT molecular complexity index is 770. The van der Waals surface area contributed by atoms with Crippen LogP contribution in [0.15, 0.2) is 36.4 Å². The number of aromatic hydroxyl groups is 1. The molecule has 1 atom stereocenters. The van der Waals surface area contributed by atoms with Crippen LogP contribution in [0.3, 0.4) is 0 Å². The fourth-order valence-electron chi connectivity index (χ4n) is 2.64. The van der Waals surface area contributed by atoms with Crippen LogP contribution in [0, 0.1) is 0 Å². The molecule has 0 spiro atoms. The summed E-state index contributed by atoms with van der Waals surface area (Å²) in [5.41, 5.74) is 6.56. The van der Waals surface area contributed by atoms with Gasteiger partial charge in [0, 0.05) is 6.04 Å². The van der Waals surface area contributed by atoms with Gasteiger partial charge in [0.15, 0.2) is 11.5 Å². The van der Waals surface area contributed by atoms with Gasteiger partial charge in [-0.2, -0.15) is 0 Å². The molecular weight excluding hydrogens is 387 g/mol. The van der Waals surface area contributed by atoms with Gasteiger partial charge in [0.2, 0.25) is 0 Å². The van der Waals surface area contributed by atoms with E-state index in [1.54, 1.807) is 0 Å². The molecule has 0 aromatic heterocycles. The van der Waals surface area contributed by atoms with Crippen LogP contribution in [0.25, 0.3) is 0 Å². The van der Waals surface area contributed by atoms with Gasteiger partial charge in [0.1, 0.15) is 5.02 Å². The number of phenolic OH excluding ortho intramolecular Hbond substituents is 1. The molecule has 2 rings (SSSR count). The van der Waals surface area contributed by atoms with Gasteiger partial charge in [-0.1, -0.05) is 53.5 Å². The Kier molecular flexibility index (Phi) is 8.23. The van der Waals surface area contributed by atoms with Crippen LogP contribution < -0.4 is 15.8 Å². The number of amides is 1. The minimum Gasteiger partial charge on any atom is -0.505 e. The number of unbranched alkanes of at least 4 members (excludes halogenated alkanes) is 1. The first-order chi connectivity index (χ1) is 12.9. The van der Waals surface area contributed by atoms with Crippen LogP contribution in [0.5, 0.6) is 11.5 Å². The molecule has 2 aromatic rings. The van der Waals surface area contributed by atoms with E-state index < -0.39 is 5.91 Å². The third-order valence-corrected chi connectivity index (χ3v) is 4.63. The van der Waals surface area contributed by atoms with Gasteiger partial charge in [0.05, 0.1) is 17.2 Å². The van der Waals surface area contributed by atoms with Gasteiger partial charge in [-0.05, 0) is 44.4 Å². The molecule has 0 radical (unpaired) electrons. The molecule has 7 heteroatoms. The van der Waals surface area contributed by atoms with E-state index in [4.69, 9.17) is 33.7 Å². The van der Waals surface area contributed by atoms with E-state index in [2.05, 4.69) is 5.32 Å². The molecule has 0 aliphatic rings. The maximum absolute atomic E-state index is 12.5. The van der Waals surface area contributed by atoms with Crippen LogP contribution in [0.2, 0.25) is 10.0 Å². The number of phenols is 1. The van der Waals surface area contributed by atoms with Crippen molar-refractivity contribution < 1.29 is 14.6 Å². The first-order valence-electron chi connectivity index (χ1n) is 8.82. The summed E-state index contributed by atoms with van der Waals surface area (Å²) in [6.07, 6.45) is 2.21. The summed E-state index contributed by atoms with van der Waals surface area (Å²) in [5, 5.41) is 13.3. The fraction of sp³-hybridized carbons (Fsp3) is 0.350. The minimum absolute atomic E-state index is 0.0132. The maximum atomic E-state index is 12.5. The van der Waals surface area contributed by atoms with E-state index in [0.717, 1.165) is 18.4 Å². The minimum atomic E-state index is -0.450. The van der Waals surface area contributed by atoms with E-state index in [9.17, 15) is 9.90 Å². The lowest BCUT2D eigenvalue weighted by atomic mass is 10.1. The number of hydrogen-bond donors (Lipinski definition) is 3. The predicted octanol–water partition coefficient (Wildman–Crippen LogP) is 4.18. The maximum Gasteiger partial charge on any atom is 0.255 e. The van der Waals surface area contributed by atoms with Gasteiger partial charge in [-0.25, -0.2) is 0 Å². The number of carbonyl (C=O) groups is 1. The van der Waals surface area contributed by atoms with Crippen molar-refractivity contribution in [3.05, 3.63) is 57.6 Å². The summed E-state index contributed by atoms with van der Waals surface area (Å²) >= 11 is 12.4. The van der Waals surface area contributed by atoms with Gasteiger partial charge >= 0.3 is 0 Å². The van der Waals surface area contributed by atoms with Crippen LogP contribution in [-0.4, -0.2) is 30.2 Å². The molecule has 146 valence electrons. The summed E-state index contributed by atoms with van der Waals surface area (Å²) in [6.45, 7) is 2.83. The van der Waals surface area contributed by atoms with Gasteiger partial charge in [0.25, 0.3) is 5.91 Å². The number of halogens is 2. The number of nitrogens with one attached hydrogen (secondary N) is 1. The Hall–Kier alpha value is -1.95. The van der Waals surface area contributed by atoms with E-state index in [0.29, 0.717) is 19.6 Å². The molecule has 2 aromatic carbocycles. The number of hydrogen-bond acceptors (Lipinski definition) is 4. The van der Waals surface area contributed by atoms with Crippen molar-refractivity contribution in [3.8, 4) is 11.5 Å². The number of carbonyl (C=O) groups excluding carboxylic acids is 1. The number of ether oxygens (including phenoxy) is 1. The number of benzene rings is 2. The molecule has 4 N–H and O–H groups in total. The van der Waals surface area contributed by atoms with Gasteiger partial charge < -0.3 is 20.9 Å². The highest BCUT2D eigenvalue weighted by atomic mass is 35.5. The largest absolute Gasteiger partial charge is 0.505 e. The van der Waals surface area contributed by atoms with Crippen molar-refractivity contribution in [2.45, 2.75) is 32.2 Å². The molecule has 0 bridgehead atoms. The van der Waals surface area contributed by atoms with Crippen molar-refractivity contribution >= 4 is 29.1 Å². The van der Waals surface area contributed by atoms with Crippen LogP contribution in [0.1, 0.15) is 35.7 Å². The molecule has 5 nitrogen and oxygen atoms in total. The molecule has 0 saturated carbocycles. The Morgan fingerprint density at radius 2 is 1.96 bits per heavy atom. The fourth-order valence-corrected chi connectivity index (χ4v) is 3.20. The first-order valence-corrected chi connectivity index (χ1v) is 9.58. The van der Waals surface area contributed by atoms with Crippen LogP contribution in [0.4, 0.5) is 0 Å². The highest BCUT2D eigenvalue weighted by Gasteiger charge is 2.22. The van der Waals surface area contributed by atoms with Crippen molar-refractivity contribution in [2.24, 2.45) is 5.73 Å². The zero-order valence-corrected chi connectivity index (χ0v) is 16.7. The highest BCUT2D eigenvalue weighted by molar-refractivity contribution is 6.39. The predicted molar refractivity (Wildman–Crippen MR) is 109 cm³/mol. The molecule has 0 heterocycles. The lowest BCUT2D eigenvalue weighted by Gasteiger charge is -2.17. The molecule has 27 heavy (non-hydrogen) atoms. The standard InChI is InChI=1S/C20H24Cl2N2O3/c1-13(11-14-7-3-2-4-8-14)24-20(26)15-12-16(21)19(17(22)18(15)25)27-10-6-5-9-23/h2-4,7-8,12-13,25H,5-6,9-11,23H2,1H3,(H,24,26)/t13-/m1/s1. The summed E-state index contributed by atoms with van der Waals surface area (Å²) in [7, 11) is 0. The average Bonchev–Trinajstić information content (AvgIpc) is 2.64. The molecule has 0 aliphatic heterocycles. The first kappa shape index (κ1) is 21.4. The van der Waals surface area contributed by atoms with Crippen molar-refractivity contribution in [1.29, 1.82) is 0 Å². The molecule has 0 aliphatic carbocycles. The summed E-state index contributed by atoms with van der Waals surface area (Å²) in [5.74, 6) is -0.629. The SMILES string of the molecule is C[C@H](Cc1ccccc1)NC(=O)c1cc(Cl)c(OCCCCN)c(Cl)c1O. The number of nitrogens with two attached hydrogens (primary N) is 1. The third kappa shape index (κ3) is 6.03. The smallest absolute Gasteiger partial charge is 0.255 e. The molecule has 1 amide bonds. The van der Waals surface area contributed by atoms with Crippen LogP contribution >= 0.6 is 23.2 Å². The van der Waals surface area contributed by atoms with Crippen molar-refractivity contribution in [1.82, 2.24) is 5.32 Å². The second kappa shape index (κ2) is 10.4. The zero-order chi connectivity index (χ0) is 19.8. The Morgan fingerprint density at radius 3 is 2.63 bits per heavy atom. The third-order valence-electron chi connectivity index (χ3n) is 4.00. The van der Waals surface area contributed by atoms with Crippen molar-refractivity contribution in [2.75, 3.05) is 13.2 Å². The Labute approximate surface area is 169 Å².